The number of hydrogen-bond donors (Lipinski definition) is 0. The third-order valence-electron chi connectivity index (χ3n) is 11.0. The molecule has 2 aromatic heterocycles. The van der Waals surface area contributed by atoms with Crippen molar-refractivity contribution in [2.75, 3.05) is 0 Å². The molecule has 1 aliphatic heterocycles. The normalized spacial score (nSPS) is 15.7. The summed E-state index contributed by atoms with van der Waals surface area (Å²) >= 11 is 0. The zero-order valence-electron chi connectivity index (χ0n) is 30.3. The van der Waals surface area contributed by atoms with E-state index in [2.05, 4.69) is 138 Å². The predicted octanol–water partition coefficient (Wildman–Crippen LogP) is 12.3. The Kier molecular flexibility index (Phi) is 7.56. The third-order valence-corrected chi connectivity index (χ3v) is 11.0. The van der Waals surface area contributed by atoms with Crippen LogP contribution < -0.4 is 4.74 Å². The Labute approximate surface area is 324 Å². The maximum absolute atomic E-state index is 6.98. The smallest absolute Gasteiger partial charge is 0.167 e. The van der Waals surface area contributed by atoms with Crippen LogP contribution in [-0.4, -0.2) is 25.6 Å². The van der Waals surface area contributed by atoms with Crippen molar-refractivity contribution in [2.24, 2.45) is 0 Å². The number of fused-ring (bicyclic) bond motifs is 6. The van der Waals surface area contributed by atoms with Gasteiger partial charge in [0.1, 0.15) is 11.9 Å². The molecule has 0 fully saturated rings. The van der Waals surface area contributed by atoms with E-state index in [9.17, 15) is 0 Å². The number of ether oxygens (including phenoxy) is 1. The highest BCUT2D eigenvalue weighted by molar-refractivity contribution is 6.17. The van der Waals surface area contributed by atoms with Gasteiger partial charge in [-0.25, -0.2) is 15.0 Å². The van der Waals surface area contributed by atoms with Crippen molar-refractivity contribution in [1.82, 2.24) is 19.5 Å². The molecule has 3 heterocycles. The summed E-state index contributed by atoms with van der Waals surface area (Å²) in [5, 5.41) is 2.45. The van der Waals surface area contributed by atoms with Gasteiger partial charge in [-0.15, -0.1) is 0 Å². The number of allylic oxidation sites excluding steroid dienone is 2. The van der Waals surface area contributed by atoms with Crippen molar-refractivity contribution < 1.29 is 4.74 Å². The zero-order chi connectivity index (χ0) is 37.0. The fraction of sp³-hybridized carbons (Fsp3) is 0.0392. The van der Waals surface area contributed by atoms with Crippen molar-refractivity contribution in [3.63, 3.8) is 0 Å². The van der Waals surface area contributed by atoms with E-state index in [1.54, 1.807) is 0 Å². The number of benzene rings is 7. The molecule has 0 saturated carbocycles. The van der Waals surface area contributed by atoms with E-state index in [1.807, 2.05) is 60.7 Å². The first-order chi connectivity index (χ1) is 27.8. The highest BCUT2D eigenvalue weighted by atomic mass is 16.5. The molecule has 1 aliphatic carbocycles. The second kappa shape index (κ2) is 13.2. The molecule has 0 saturated heterocycles. The van der Waals surface area contributed by atoms with Crippen molar-refractivity contribution in [3.05, 3.63) is 200 Å². The van der Waals surface area contributed by atoms with E-state index >= 15 is 0 Å². The summed E-state index contributed by atoms with van der Waals surface area (Å²) in [5.41, 5.74) is 12.0. The van der Waals surface area contributed by atoms with Crippen LogP contribution in [0.1, 0.15) is 11.5 Å². The second-order valence-corrected chi connectivity index (χ2v) is 14.3. The van der Waals surface area contributed by atoms with E-state index in [0.717, 1.165) is 44.7 Å². The van der Waals surface area contributed by atoms with Crippen LogP contribution in [0.2, 0.25) is 0 Å². The quantitative estimate of drug-likeness (QED) is 0.172. The molecule has 2 unspecified atom stereocenters. The molecule has 9 aromatic rings. The SMILES string of the molecule is C1=CC2c3cccc(-c4nc(-c5ccccc5)nc(-c5ccccc5)n4)c3OC2C=C1n1c2ccccc2c2c(-c3ccccc3)cc(-c3ccccc3)cc21. The molecule has 0 amide bonds. The Hall–Kier alpha value is -7.37. The Morgan fingerprint density at radius 3 is 1.73 bits per heavy atom. The fourth-order valence-corrected chi connectivity index (χ4v) is 8.38. The van der Waals surface area contributed by atoms with Crippen LogP contribution in [0.3, 0.4) is 0 Å². The fourth-order valence-electron chi connectivity index (χ4n) is 8.38. The van der Waals surface area contributed by atoms with Gasteiger partial charge in [-0.05, 0) is 58.7 Å². The topological polar surface area (TPSA) is 52.8 Å². The van der Waals surface area contributed by atoms with Crippen molar-refractivity contribution in [3.8, 4) is 62.2 Å². The Morgan fingerprint density at radius 1 is 0.464 bits per heavy atom. The molecule has 7 aromatic carbocycles. The van der Waals surface area contributed by atoms with E-state index in [4.69, 9.17) is 19.7 Å². The van der Waals surface area contributed by atoms with E-state index in [-0.39, 0.29) is 12.0 Å². The molecule has 264 valence electrons. The van der Waals surface area contributed by atoms with E-state index in [1.165, 1.54) is 33.0 Å². The van der Waals surface area contributed by atoms with Gasteiger partial charge in [-0.3, -0.25) is 0 Å². The first kappa shape index (κ1) is 32.1. The van der Waals surface area contributed by atoms with E-state index < -0.39 is 0 Å². The molecule has 0 N–H and O–H groups in total. The van der Waals surface area contributed by atoms with Gasteiger partial charge in [-0.2, -0.15) is 0 Å². The summed E-state index contributed by atoms with van der Waals surface area (Å²) in [4.78, 5) is 15.0. The van der Waals surface area contributed by atoms with Gasteiger partial charge in [0.2, 0.25) is 0 Å². The van der Waals surface area contributed by atoms with Crippen LogP contribution in [0.25, 0.3) is 83.9 Å². The zero-order valence-corrected chi connectivity index (χ0v) is 30.3. The standard InChI is InChI=1S/C51H34N4O/c1-5-16-33(17-6-1)37-30-43(34-18-7-2-8-19-34)47-41-24-13-14-27-44(41)55(45(47)31-37)38-28-29-39-40-25-15-26-42(48(40)56-46(39)32-38)51-53-49(35-20-9-3-10-21-35)52-50(54-51)36-22-11-4-12-23-36/h1-32,39,46H. The Balaban J connectivity index is 1.05. The number of hydrogen-bond acceptors (Lipinski definition) is 4. The molecule has 2 aliphatic rings. The second-order valence-electron chi connectivity index (χ2n) is 14.3. The summed E-state index contributed by atoms with van der Waals surface area (Å²) < 4.78 is 9.40. The van der Waals surface area contributed by atoms with E-state index in [0.29, 0.717) is 17.5 Å². The van der Waals surface area contributed by atoms with Gasteiger partial charge in [0, 0.05) is 39.1 Å². The minimum absolute atomic E-state index is 0.0468. The molecule has 0 spiro atoms. The number of para-hydroxylation sites is 2. The molecule has 2 atom stereocenters. The van der Waals surface area contributed by atoms with Gasteiger partial charge in [0.25, 0.3) is 0 Å². The van der Waals surface area contributed by atoms with Crippen molar-refractivity contribution in [2.45, 2.75) is 12.0 Å². The largest absolute Gasteiger partial charge is 0.484 e. The Bertz CT molecular complexity index is 2930. The minimum atomic E-state index is -0.211. The maximum atomic E-state index is 6.98. The third kappa shape index (κ3) is 5.36. The minimum Gasteiger partial charge on any atom is -0.484 e. The number of nitrogens with zero attached hydrogens (tertiary/aromatic N) is 4. The monoisotopic (exact) mass is 718 g/mol. The molecule has 56 heavy (non-hydrogen) atoms. The summed E-state index contributed by atoms with van der Waals surface area (Å²) in [6.07, 6.45) is 6.64. The average molecular weight is 719 g/mol. The first-order valence-electron chi connectivity index (χ1n) is 19.0. The number of rotatable bonds is 6. The van der Waals surface area contributed by atoms with Gasteiger partial charge in [-0.1, -0.05) is 158 Å². The van der Waals surface area contributed by atoms with Crippen LogP contribution in [0, 0.1) is 0 Å². The summed E-state index contributed by atoms with van der Waals surface area (Å²) in [7, 11) is 0. The summed E-state index contributed by atoms with van der Waals surface area (Å²) in [5.74, 6) is 2.70. The summed E-state index contributed by atoms with van der Waals surface area (Å²) in [6.45, 7) is 0. The summed E-state index contributed by atoms with van der Waals surface area (Å²) in [6, 6.07) is 61.3. The highest BCUT2D eigenvalue weighted by Crippen LogP contribution is 2.48. The van der Waals surface area contributed by atoms with Crippen molar-refractivity contribution >= 4 is 27.5 Å². The van der Waals surface area contributed by atoms with Crippen molar-refractivity contribution in [1.29, 1.82) is 0 Å². The molecule has 11 rings (SSSR count). The van der Waals surface area contributed by atoms with Crippen LogP contribution in [0.15, 0.2) is 194 Å². The maximum Gasteiger partial charge on any atom is 0.167 e. The molecular weight excluding hydrogens is 685 g/mol. The molecule has 5 heteroatoms. The molecule has 0 radical (unpaired) electrons. The average Bonchev–Trinajstić information content (AvgIpc) is 3.82. The first-order valence-corrected chi connectivity index (χ1v) is 19.0. The lowest BCUT2D eigenvalue weighted by molar-refractivity contribution is 0.270. The van der Waals surface area contributed by atoms with Gasteiger partial charge < -0.3 is 9.30 Å². The van der Waals surface area contributed by atoms with Crippen LogP contribution >= 0.6 is 0 Å². The lowest BCUT2D eigenvalue weighted by Crippen LogP contribution is -2.18. The van der Waals surface area contributed by atoms with Crippen LogP contribution in [-0.2, 0) is 0 Å². The van der Waals surface area contributed by atoms with Gasteiger partial charge in [0.05, 0.1) is 16.6 Å². The lowest BCUT2D eigenvalue weighted by atomic mass is 9.90. The van der Waals surface area contributed by atoms with Crippen LogP contribution in [0.5, 0.6) is 5.75 Å². The predicted molar refractivity (Wildman–Crippen MR) is 227 cm³/mol. The molecule has 0 bridgehead atoms. The van der Waals surface area contributed by atoms with Gasteiger partial charge >= 0.3 is 0 Å². The Morgan fingerprint density at radius 2 is 1.05 bits per heavy atom. The molecular formula is C51H34N4O. The highest BCUT2D eigenvalue weighted by Gasteiger charge is 2.36. The molecule has 5 nitrogen and oxygen atoms in total. The number of aromatic nitrogens is 4. The lowest BCUT2D eigenvalue weighted by Gasteiger charge is -2.20. The van der Waals surface area contributed by atoms with Gasteiger partial charge in [0.15, 0.2) is 17.5 Å². The van der Waals surface area contributed by atoms with Crippen LogP contribution in [0.4, 0.5) is 0 Å².